The first-order valence-corrected chi connectivity index (χ1v) is 6.92. The van der Waals surface area contributed by atoms with Gasteiger partial charge in [0.25, 0.3) is 5.91 Å². The molecule has 2 heterocycles. The van der Waals surface area contributed by atoms with Gasteiger partial charge in [-0.2, -0.15) is 5.21 Å². The van der Waals surface area contributed by atoms with Gasteiger partial charge in [-0.15, -0.1) is 10.2 Å². The maximum atomic E-state index is 12.3. The number of ether oxygens (including phenoxy) is 1. The molecule has 9 heteroatoms. The second-order valence-electron chi connectivity index (χ2n) is 4.88. The molecule has 0 atom stereocenters. The number of rotatable bonds is 4. The second-order valence-corrected chi connectivity index (χ2v) is 4.88. The van der Waals surface area contributed by atoms with E-state index in [2.05, 4.69) is 30.7 Å². The summed E-state index contributed by atoms with van der Waals surface area (Å²) >= 11 is 0. The van der Waals surface area contributed by atoms with E-state index in [1.54, 1.807) is 31.2 Å². The van der Waals surface area contributed by atoms with Crippen LogP contribution in [0.15, 0.2) is 34.7 Å². The zero-order chi connectivity index (χ0) is 17.1. The van der Waals surface area contributed by atoms with Crippen LogP contribution in [0.4, 0.5) is 5.69 Å². The van der Waals surface area contributed by atoms with Crippen molar-refractivity contribution in [3.05, 3.63) is 47.4 Å². The smallest absolute Gasteiger partial charge is 0.374 e. The lowest BCUT2D eigenvalue weighted by Gasteiger charge is -2.04. The normalized spacial score (nSPS) is 10.4. The lowest BCUT2D eigenvalue weighted by Crippen LogP contribution is -2.11. The van der Waals surface area contributed by atoms with Crippen molar-refractivity contribution in [3.63, 3.8) is 0 Å². The molecule has 0 spiro atoms. The predicted molar refractivity (Wildman–Crippen MR) is 82.4 cm³/mol. The molecular formula is C15H13N5O4. The molecule has 0 saturated heterocycles. The summed E-state index contributed by atoms with van der Waals surface area (Å²) in [5.41, 5.74) is 1.73. The van der Waals surface area contributed by atoms with Crippen LogP contribution in [-0.2, 0) is 4.74 Å². The number of nitrogens with zero attached hydrogens (tertiary/aromatic N) is 3. The fraction of sp³-hybridized carbons (Fsp3) is 0.133. The average Bonchev–Trinajstić information content (AvgIpc) is 3.24. The quantitative estimate of drug-likeness (QED) is 0.700. The number of carbonyl (C=O) groups is 2. The minimum Gasteiger partial charge on any atom is -0.463 e. The Hall–Kier alpha value is -3.49. The summed E-state index contributed by atoms with van der Waals surface area (Å²) in [5.74, 6) is -0.696. The van der Waals surface area contributed by atoms with Crippen molar-refractivity contribution in [2.75, 3.05) is 12.4 Å². The maximum Gasteiger partial charge on any atom is 0.374 e. The zero-order valence-corrected chi connectivity index (χ0v) is 12.9. The number of hydrogen-bond acceptors (Lipinski definition) is 7. The lowest BCUT2D eigenvalue weighted by molar-refractivity contribution is 0.0562. The molecule has 122 valence electrons. The molecule has 0 saturated carbocycles. The molecule has 0 aliphatic rings. The Morgan fingerprint density at radius 2 is 2.12 bits per heavy atom. The van der Waals surface area contributed by atoms with E-state index >= 15 is 0 Å². The molecular weight excluding hydrogens is 314 g/mol. The number of benzene rings is 1. The van der Waals surface area contributed by atoms with Crippen LogP contribution in [0.3, 0.4) is 0 Å². The second kappa shape index (κ2) is 6.32. The van der Waals surface area contributed by atoms with Crippen LogP contribution in [0, 0.1) is 6.92 Å². The van der Waals surface area contributed by atoms with Crippen molar-refractivity contribution in [2.24, 2.45) is 0 Å². The van der Waals surface area contributed by atoms with Crippen LogP contribution in [0.2, 0.25) is 0 Å². The molecule has 0 aliphatic heterocycles. The summed E-state index contributed by atoms with van der Waals surface area (Å²) in [4.78, 5) is 23.8. The van der Waals surface area contributed by atoms with E-state index in [1.807, 2.05) is 0 Å². The van der Waals surface area contributed by atoms with Crippen molar-refractivity contribution in [1.29, 1.82) is 0 Å². The Kier molecular flexibility index (Phi) is 4.06. The van der Waals surface area contributed by atoms with Crippen LogP contribution in [0.25, 0.3) is 11.4 Å². The number of aryl methyl sites for hydroxylation is 1. The summed E-state index contributed by atoms with van der Waals surface area (Å²) in [6.45, 7) is 1.66. The number of H-pyrrole nitrogens is 1. The zero-order valence-electron chi connectivity index (χ0n) is 12.9. The number of tetrazole rings is 1. The first-order valence-electron chi connectivity index (χ1n) is 6.92. The highest BCUT2D eigenvalue weighted by Crippen LogP contribution is 2.20. The van der Waals surface area contributed by atoms with Gasteiger partial charge in [-0.1, -0.05) is 12.1 Å². The molecule has 2 aromatic heterocycles. The number of aromatic nitrogens is 4. The molecule has 0 fully saturated rings. The third-order valence-electron chi connectivity index (χ3n) is 3.24. The lowest BCUT2D eigenvalue weighted by atomic mass is 10.2. The van der Waals surface area contributed by atoms with Crippen LogP contribution >= 0.6 is 0 Å². The molecule has 0 aliphatic carbocycles. The molecule has 9 nitrogen and oxygen atoms in total. The van der Waals surface area contributed by atoms with Crippen LogP contribution in [0.5, 0.6) is 0 Å². The summed E-state index contributed by atoms with van der Waals surface area (Å²) in [6.07, 6.45) is 0. The third kappa shape index (κ3) is 3.00. The number of anilines is 1. The van der Waals surface area contributed by atoms with Gasteiger partial charge in [0.2, 0.25) is 11.6 Å². The Bertz CT molecular complexity index is 885. The maximum absolute atomic E-state index is 12.3. The van der Waals surface area contributed by atoms with Gasteiger partial charge in [-0.05, 0) is 30.3 Å². The van der Waals surface area contributed by atoms with Crippen LogP contribution in [0.1, 0.15) is 26.7 Å². The minimum absolute atomic E-state index is 0.00296. The van der Waals surface area contributed by atoms with E-state index in [0.29, 0.717) is 22.6 Å². The summed E-state index contributed by atoms with van der Waals surface area (Å²) in [5, 5.41) is 16.3. The largest absolute Gasteiger partial charge is 0.463 e. The molecule has 0 radical (unpaired) electrons. The van der Waals surface area contributed by atoms with E-state index in [-0.39, 0.29) is 11.5 Å². The van der Waals surface area contributed by atoms with E-state index in [4.69, 9.17) is 4.42 Å². The van der Waals surface area contributed by atoms with E-state index in [0.717, 1.165) is 0 Å². The van der Waals surface area contributed by atoms with E-state index in [9.17, 15) is 9.59 Å². The van der Waals surface area contributed by atoms with Gasteiger partial charge < -0.3 is 14.5 Å². The molecule has 3 aromatic rings. The van der Waals surface area contributed by atoms with E-state index < -0.39 is 11.9 Å². The summed E-state index contributed by atoms with van der Waals surface area (Å²) < 4.78 is 9.88. The van der Waals surface area contributed by atoms with Gasteiger partial charge >= 0.3 is 5.97 Å². The molecule has 1 aromatic carbocycles. The Labute approximate surface area is 136 Å². The highest BCUT2D eigenvalue weighted by Gasteiger charge is 2.20. The highest BCUT2D eigenvalue weighted by molar-refractivity contribution is 6.03. The number of amides is 1. The van der Waals surface area contributed by atoms with Crippen molar-refractivity contribution >= 4 is 17.6 Å². The number of esters is 1. The molecule has 1 amide bonds. The highest BCUT2D eigenvalue weighted by atomic mass is 16.5. The van der Waals surface area contributed by atoms with Gasteiger partial charge in [0.1, 0.15) is 0 Å². The van der Waals surface area contributed by atoms with Gasteiger partial charge in [0.05, 0.1) is 7.11 Å². The standard InChI is InChI=1S/C15H13N5O4/c1-8-6-11(24-12(8)15(22)23-2)14(21)16-10-5-3-4-9(7-10)13-17-19-20-18-13/h3-7H,1-2H3,(H,16,21)(H,17,18,19,20). The van der Waals surface area contributed by atoms with Gasteiger partial charge in [0.15, 0.2) is 5.76 Å². The summed E-state index contributed by atoms with van der Waals surface area (Å²) in [7, 11) is 1.24. The van der Waals surface area contributed by atoms with Crippen LogP contribution in [-0.4, -0.2) is 39.6 Å². The molecule has 24 heavy (non-hydrogen) atoms. The van der Waals surface area contributed by atoms with Gasteiger partial charge in [-0.3, -0.25) is 4.79 Å². The van der Waals surface area contributed by atoms with Crippen molar-refractivity contribution in [1.82, 2.24) is 20.6 Å². The van der Waals surface area contributed by atoms with Crippen LogP contribution < -0.4 is 5.32 Å². The fourth-order valence-electron chi connectivity index (χ4n) is 2.10. The molecule has 3 rings (SSSR count). The first kappa shape index (κ1) is 15.4. The van der Waals surface area contributed by atoms with Gasteiger partial charge in [0, 0.05) is 16.8 Å². The minimum atomic E-state index is -0.634. The molecule has 2 N–H and O–H groups in total. The van der Waals surface area contributed by atoms with Crippen molar-refractivity contribution in [3.8, 4) is 11.4 Å². The number of aromatic amines is 1. The number of carbonyl (C=O) groups excluding carboxylic acids is 2. The molecule has 0 unspecified atom stereocenters. The third-order valence-corrected chi connectivity index (χ3v) is 3.24. The number of methoxy groups -OCH3 is 1. The first-order chi connectivity index (χ1) is 11.6. The Morgan fingerprint density at radius 3 is 2.83 bits per heavy atom. The van der Waals surface area contributed by atoms with Crippen molar-refractivity contribution < 1.29 is 18.7 Å². The Morgan fingerprint density at radius 1 is 1.29 bits per heavy atom. The fourth-order valence-corrected chi connectivity index (χ4v) is 2.10. The monoisotopic (exact) mass is 327 g/mol. The molecule has 0 bridgehead atoms. The Balaban J connectivity index is 1.80. The average molecular weight is 327 g/mol. The summed E-state index contributed by atoms with van der Waals surface area (Å²) in [6, 6.07) is 8.41. The number of nitrogens with one attached hydrogen (secondary N) is 2. The topological polar surface area (TPSA) is 123 Å². The number of hydrogen-bond donors (Lipinski definition) is 2. The predicted octanol–water partition coefficient (Wildman–Crippen LogP) is 1.81. The number of furan rings is 1. The SMILES string of the molecule is COC(=O)c1oc(C(=O)Nc2cccc(-c3nn[nH]n3)c2)cc1C. The van der Waals surface area contributed by atoms with Crippen molar-refractivity contribution in [2.45, 2.75) is 6.92 Å². The van der Waals surface area contributed by atoms with E-state index in [1.165, 1.54) is 13.2 Å². The van der Waals surface area contributed by atoms with Gasteiger partial charge in [-0.25, -0.2) is 4.79 Å².